The highest BCUT2D eigenvalue weighted by molar-refractivity contribution is 7.47. The Bertz CT molecular complexity index is 1660. The van der Waals surface area contributed by atoms with Crippen molar-refractivity contribution in [1.82, 2.24) is 5.32 Å². The largest absolute Gasteiger partial charge is 0.472 e. The molecule has 0 aromatic rings. The molecular weight excluding hydrogens is 1160 g/mol. The minimum atomic E-state index is -4.33. The van der Waals surface area contributed by atoms with Gasteiger partial charge in [0.25, 0.3) is 0 Å². The van der Waals surface area contributed by atoms with E-state index in [9.17, 15) is 19.4 Å². The zero-order valence-corrected chi connectivity index (χ0v) is 64.2. The lowest BCUT2D eigenvalue weighted by molar-refractivity contribution is -0.870. The summed E-state index contributed by atoms with van der Waals surface area (Å²) in [5.41, 5.74) is 0. The van der Waals surface area contributed by atoms with Crippen LogP contribution in [0.4, 0.5) is 0 Å². The molecule has 0 saturated heterocycles. The number of carbonyl (C=O) groups is 1. The first-order valence-corrected chi connectivity index (χ1v) is 43.0. The van der Waals surface area contributed by atoms with E-state index in [0.717, 1.165) is 64.2 Å². The van der Waals surface area contributed by atoms with E-state index in [1.807, 2.05) is 21.1 Å². The average Bonchev–Trinajstić information content (AvgIpc) is 2.75. The molecule has 0 saturated carbocycles. The highest BCUT2D eigenvalue weighted by Gasteiger charge is 2.28. The quantitative estimate of drug-likeness (QED) is 0.0243. The highest BCUT2D eigenvalue weighted by Crippen LogP contribution is 2.43. The highest BCUT2D eigenvalue weighted by atomic mass is 31.2. The Kier molecular flexibility index (Phi) is 73.4. The van der Waals surface area contributed by atoms with Crippen LogP contribution in [-0.4, -0.2) is 73.4 Å². The molecule has 0 bridgehead atoms. The number of aliphatic hydroxyl groups is 1. The summed E-state index contributed by atoms with van der Waals surface area (Å²) >= 11 is 0. The first-order chi connectivity index (χ1) is 45.5. The van der Waals surface area contributed by atoms with Crippen molar-refractivity contribution in [2.24, 2.45) is 0 Å². The van der Waals surface area contributed by atoms with Crippen LogP contribution in [0.25, 0.3) is 0 Å². The molecule has 1 amide bonds. The molecule has 0 rings (SSSR count). The van der Waals surface area contributed by atoms with Gasteiger partial charge in [-0.25, -0.2) is 4.57 Å². The summed E-state index contributed by atoms with van der Waals surface area (Å²) < 4.78 is 24.0. The smallest absolute Gasteiger partial charge is 0.391 e. The van der Waals surface area contributed by atoms with Crippen molar-refractivity contribution in [3.8, 4) is 0 Å². The number of hydrogen-bond acceptors (Lipinski definition) is 5. The van der Waals surface area contributed by atoms with Crippen molar-refractivity contribution < 1.29 is 32.9 Å². The van der Waals surface area contributed by atoms with Gasteiger partial charge in [-0.1, -0.05) is 422 Å². The van der Waals surface area contributed by atoms with E-state index in [0.29, 0.717) is 23.9 Å². The topological polar surface area (TPSA) is 105 Å². The molecule has 0 aromatic heterocycles. The average molecular weight is 1330 g/mol. The fraction of sp³-hybridized carbons (Fsp3) is 0.893. The maximum atomic E-state index is 13.1. The number of phosphoric ester groups is 1. The van der Waals surface area contributed by atoms with Crippen molar-refractivity contribution in [3.63, 3.8) is 0 Å². The van der Waals surface area contributed by atoms with E-state index in [4.69, 9.17) is 9.05 Å². The Morgan fingerprint density at radius 2 is 0.645 bits per heavy atom. The number of phosphoric acid groups is 1. The van der Waals surface area contributed by atoms with Crippen molar-refractivity contribution in [2.75, 3.05) is 40.9 Å². The van der Waals surface area contributed by atoms with E-state index >= 15 is 0 Å². The van der Waals surface area contributed by atoms with Gasteiger partial charge in [0, 0.05) is 6.42 Å². The number of unbranched alkanes of at least 4 members (excludes halogenated alkanes) is 57. The number of quaternary nitrogens is 1. The molecule has 3 N–H and O–H groups in total. The zero-order valence-electron chi connectivity index (χ0n) is 63.3. The fourth-order valence-corrected chi connectivity index (χ4v) is 13.7. The van der Waals surface area contributed by atoms with Gasteiger partial charge in [0.2, 0.25) is 5.91 Å². The predicted molar refractivity (Wildman–Crippen MR) is 411 cm³/mol. The molecular formula is C84H164N2O6P+. The molecule has 0 aliphatic rings. The van der Waals surface area contributed by atoms with Crippen molar-refractivity contribution in [3.05, 3.63) is 48.6 Å². The van der Waals surface area contributed by atoms with Gasteiger partial charge in [0.1, 0.15) is 13.2 Å². The normalized spacial score (nSPS) is 13.7. The Balaban J connectivity index is 3.87. The van der Waals surface area contributed by atoms with Gasteiger partial charge in [0.15, 0.2) is 0 Å². The van der Waals surface area contributed by atoms with E-state index in [1.165, 1.54) is 340 Å². The van der Waals surface area contributed by atoms with Crippen molar-refractivity contribution >= 4 is 13.7 Å². The van der Waals surface area contributed by atoms with E-state index < -0.39 is 20.0 Å². The third-order valence-electron chi connectivity index (χ3n) is 19.3. The molecule has 8 nitrogen and oxygen atoms in total. The standard InChI is InChI=1S/C84H163N2O6P/c1-6-8-10-12-14-16-18-20-22-24-26-28-30-32-34-36-38-39-40-41-42-43-44-45-46-47-48-50-52-54-56-58-60-62-64-66-68-70-72-74-76-78-84(88)85-82(81-92-93(89,90)91-80-79-86(3,4)5)83(87)77-75-73-71-69-67-65-63-61-59-57-55-53-51-49-37-35-33-31-29-27-25-23-21-19-17-15-13-11-9-7-2/h8,10,14,16,20,22,26,28,82-83,87H,6-7,9,11-13,15,17-19,21,23-25,27,29-81H2,1-5H3,(H-,85,88,89,90)/p+1/b10-8-,16-14-,22-20-,28-26-. The van der Waals surface area contributed by atoms with Crippen molar-refractivity contribution in [2.45, 2.75) is 443 Å². The number of allylic oxidation sites excluding steroid dienone is 8. The van der Waals surface area contributed by atoms with E-state index in [1.54, 1.807) is 0 Å². The van der Waals surface area contributed by atoms with Crippen LogP contribution in [0.3, 0.4) is 0 Å². The molecule has 0 aromatic carbocycles. The molecule has 9 heteroatoms. The number of likely N-dealkylation sites (N-methyl/N-ethyl adjacent to an activating group) is 1. The Hall–Kier alpha value is -1.54. The number of amides is 1. The summed E-state index contributed by atoms with van der Waals surface area (Å²) in [4.78, 5) is 23.5. The molecule has 3 unspecified atom stereocenters. The second-order valence-corrected chi connectivity index (χ2v) is 31.3. The lowest BCUT2D eigenvalue weighted by atomic mass is 10.0. The molecule has 0 aliphatic carbocycles. The van der Waals surface area contributed by atoms with Gasteiger partial charge in [-0.3, -0.25) is 13.8 Å². The van der Waals surface area contributed by atoms with Gasteiger partial charge in [0.05, 0.1) is 39.9 Å². The molecule has 0 fully saturated rings. The lowest BCUT2D eigenvalue weighted by Crippen LogP contribution is -2.46. The Labute approximate surface area is 581 Å². The molecule has 0 radical (unpaired) electrons. The van der Waals surface area contributed by atoms with Gasteiger partial charge < -0.3 is 19.8 Å². The predicted octanol–water partition coefficient (Wildman–Crippen LogP) is 27.3. The molecule has 0 aliphatic heterocycles. The molecule has 3 atom stereocenters. The van der Waals surface area contributed by atoms with Crippen LogP contribution in [0.5, 0.6) is 0 Å². The zero-order chi connectivity index (χ0) is 67.6. The van der Waals surface area contributed by atoms with Crippen molar-refractivity contribution in [1.29, 1.82) is 0 Å². The Morgan fingerprint density at radius 3 is 0.946 bits per heavy atom. The van der Waals surface area contributed by atoms with Crippen LogP contribution >= 0.6 is 7.82 Å². The number of carbonyl (C=O) groups excluding carboxylic acids is 1. The lowest BCUT2D eigenvalue weighted by Gasteiger charge is -2.26. The number of nitrogens with zero attached hydrogens (tertiary/aromatic N) is 1. The number of aliphatic hydroxyl groups excluding tert-OH is 1. The van der Waals surface area contributed by atoms with Gasteiger partial charge >= 0.3 is 7.82 Å². The van der Waals surface area contributed by atoms with Crippen LogP contribution in [0.2, 0.25) is 0 Å². The maximum absolute atomic E-state index is 13.1. The number of nitrogens with one attached hydrogen (secondary N) is 1. The molecule has 93 heavy (non-hydrogen) atoms. The van der Waals surface area contributed by atoms with Gasteiger partial charge in [-0.2, -0.15) is 0 Å². The number of rotatable bonds is 78. The third-order valence-corrected chi connectivity index (χ3v) is 20.3. The number of hydrogen-bond donors (Lipinski definition) is 3. The van der Waals surface area contributed by atoms with Crippen LogP contribution in [0.15, 0.2) is 48.6 Å². The van der Waals surface area contributed by atoms with Crippen LogP contribution < -0.4 is 5.32 Å². The Morgan fingerprint density at radius 1 is 0.376 bits per heavy atom. The minimum Gasteiger partial charge on any atom is -0.391 e. The van der Waals surface area contributed by atoms with Crippen LogP contribution in [-0.2, 0) is 18.4 Å². The second kappa shape index (κ2) is 74.7. The van der Waals surface area contributed by atoms with E-state index in [2.05, 4.69) is 67.8 Å². The first kappa shape index (κ1) is 91.5. The van der Waals surface area contributed by atoms with Crippen LogP contribution in [0, 0.1) is 0 Å². The second-order valence-electron chi connectivity index (χ2n) is 29.8. The minimum absolute atomic E-state index is 0.0776. The van der Waals surface area contributed by atoms with E-state index in [-0.39, 0.29) is 19.1 Å². The summed E-state index contributed by atoms with van der Waals surface area (Å²) in [7, 11) is 1.64. The summed E-state index contributed by atoms with van der Waals surface area (Å²) in [6, 6.07) is -0.761. The first-order valence-electron chi connectivity index (χ1n) is 41.5. The summed E-state index contributed by atoms with van der Waals surface area (Å²) in [6.07, 6.45) is 103. The fourth-order valence-electron chi connectivity index (χ4n) is 13.0. The van der Waals surface area contributed by atoms with Crippen LogP contribution in [0.1, 0.15) is 431 Å². The summed E-state index contributed by atoms with van der Waals surface area (Å²) in [5.74, 6) is -0.134. The maximum Gasteiger partial charge on any atom is 0.472 e. The molecule has 550 valence electrons. The monoisotopic (exact) mass is 1330 g/mol. The summed E-state index contributed by atoms with van der Waals surface area (Å²) in [6.45, 7) is 4.85. The third kappa shape index (κ3) is 77.7. The van der Waals surface area contributed by atoms with Gasteiger partial charge in [-0.05, 0) is 51.4 Å². The SMILES string of the molecule is CC/C=C\C/C=C\C/C=C\C/C=C\CCCCCCCCCCCCCCCCCCCCCCCCCCCCCCC(=O)NC(COP(=O)(O)OCC[N+](C)(C)C)C(O)CCCCCCCCCCCCCCCCCCCCCCCCCCCCCCCC. The van der Waals surface area contributed by atoms with Gasteiger partial charge in [-0.15, -0.1) is 0 Å². The molecule has 0 heterocycles. The summed E-state index contributed by atoms with van der Waals surface area (Å²) in [5, 5.41) is 14.2. The molecule has 0 spiro atoms.